The van der Waals surface area contributed by atoms with Crippen LogP contribution in [0.1, 0.15) is 40.5 Å². The largest absolute Gasteiger partial charge is 0.379 e. The van der Waals surface area contributed by atoms with Crippen molar-refractivity contribution in [1.82, 2.24) is 0 Å². The van der Waals surface area contributed by atoms with E-state index in [1.165, 1.54) is 0 Å². The molecule has 1 aliphatic rings. The van der Waals surface area contributed by atoms with Crippen LogP contribution in [-0.2, 0) is 18.9 Å². The minimum Gasteiger partial charge on any atom is -0.379 e. The highest BCUT2D eigenvalue weighted by molar-refractivity contribution is 4.95. The normalized spacial score (nSPS) is 27.5. The molecule has 0 aromatic heterocycles. The second-order valence-electron chi connectivity index (χ2n) is 5.60. The molecular formula is C15H30O4. The van der Waals surface area contributed by atoms with E-state index in [-0.39, 0.29) is 5.60 Å². The van der Waals surface area contributed by atoms with Gasteiger partial charge in [-0.2, -0.15) is 0 Å². The van der Waals surface area contributed by atoms with Crippen molar-refractivity contribution in [2.75, 3.05) is 39.6 Å². The van der Waals surface area contributed by atoms with Crippen LogP contribution >= 0.6 is 0 Å². The van der Waals surface area contributed by atoms with Crippen molar-refractivity contribution >= 4 is 0 Å². The van der Waals surface area contributed by atoms with Crippen LogP contribution in [0.4, 0.5) is 0 Å². The van der Waals surface area contributed by atoms with E-state index in [1.54, 1.807) is 0 Å². The lowest BCUT2D eigenvalue weighted by Crippen LogP contribution is -2.15. The Kier molecular flexibility index (Phi) is 7.91. The molecule has 0 radical (unpaired) electrons. The van der Waals surface area contributed by atoms with E-state index in [0.29, 0.717) is 38.4 Å². The van der Waals surface area contributed by atoms with Crippen molar-refractivity contribution in [1.29, 1.82) is 0 Å². The number of rotatable bonds is 12. The summed E-state index contributed by atoms with van der Waals surface area (Å²) in [5, 5.41) is 0. The van der Waals surface area contributed by atoms with Gasteiger partial charge in [0, 0.05) is 13.2 Å². The fourth-order valence-electron chi connectivity index (χ4n) is 2.01. The molecule has 1 saturated heterocycles. The Hall–Kier alpha value is -0.160. The van der Waals surface area contributed by atoms with E-state index in [4.69, 9.17) is 18.9 Å². The Morgan fingerprint density at radius 2 is 1.68 bits per heavy atom. The fraction of sp³-hybridized carbons (Fsp3) is 1.00. The number of epoxide rings is 1. The molecule has 3 atom stereocenters. The van der Waals surface area contributed by atoms with Crippen molar-refractivity contribution in [2.45, 2.75) is 52.2 Å². The highest BCUT2D eigenvalue weighted by Gasteiger charge is 2.47. The summed E-state index contributed by atoms with van der Waals surface area (Å²) >= 11 is 0. The monoisotopic (exact) mass is 274 g/mol. The van der Waals surface area contributed by atoms with Crippen LogP contribution in [0, 0.1) is 5.92 Å². The van der Waals surface area contributed by atoms with E-state index in [0.717, 1.165) is 26.1 Å². The quantitative estimate of drug-likeness (QED) is 0.405. The molecule has 0 saturated carbocycles. The minimum atomic E-state index is 0.136. The van der Waals surface area contributed by atoms with Crippen LogP contribution < -0.4 is 0 Å². The Morgan fingerprint density at radius 3 is 2.26 bits per heavy atom. The highest BCUT2D eigenvalue weighted by Crippen LogP contribution is 2.40. The zero-order valence-electron chi connectivity index (χ0n) is 12.9. The average Bonchev–Trinajstić information content (AvgIpc) is 2.98. The summed E-state index contributed by atoms with van der Waals surface area (Å²) in [5.74, 6) is 0.580. The molecule has 4 heteroatoms. The second kappa shape index (κ2) is 8.90. The van der Waals surface area contributed by atoms with Gasteiger partial charge in [0.05, 0.1) is 38.1 Å². The molecule has 0 spiro atoms. The van der Waals surface area contributed by atoms with Crippen molar-refractivity contribution in [3.8, 4) is 0 Å². The lowest BCUT2D eigenvalue weighted by atomic mass is 9.96. The van der Waals surface area contributed by atoms with E-state index in [9.17, 15) is 0 Å². The van der Waals surface area contributed by atoms with Crippen molar-refractivity contribution in [3.63, 3.8) is 0 Å². The smallest absolute Gasteiger partial charge is 0.0917 e. The van der Waals surface area contributed by atoms with Gasteiger partial charge >= 0.3 is 0 Å². The van der Waals surface area contributed by atoms with Crippen molar-refractivity contribution in [3.05, 3.63) is 0 Å². The molecule has 1 aliphatic heterocycles. The number of hydrogen-bond donors (Lipinski definition) is 0. The fourth-order valence-corrected chi connectivity index (χ4v) is 2.01. The zero-order chi connectivity index (χ0) is 14.1. The third-order valence-electron chi connectivity index (χ3n) is 3.73. The molecule has 1 rings (SSSR count). The van der Waals surface area contributed by atoms with Gasteiger partial charge in [-0.25, -0.2) is 0 Å². The molecule has 0 aromatic carbocycles. The van der Waals surface area contributed by atoms with Crippen LogP contribution in [0.2, 0.25) is 0 Å². The lowest BCUT2D eigenvalue weighted by molar-refractivity contribution is 0.00944. The summed E-state index contributed by atoms with van der Waals surface area (Å²) in [4.78, 5) is 0. The third kappa shape index (κ3) is 7.25. The summed E-state index contributed by atoms with van der Waals surface area (Å²) in [6.07, 6.45) is 2.72. The van der Waals surface area contributed by atoms with Crippen molar-refractivity contribution in [2.24, 2.45) is 5.92 Å². The van der Waals surface area contributed by atoms with Crippen LogP contribution in [-0.4, -0.2) is 51.3 Å². The van der Waals surface area contributed by atoms with Gasteiger partial charge in [0.2, 0.25) is 0 Å². The highest BCUT2D eigenvalue weighted by atomic mass is 16.6. The van der Waals surface area contributed by atoms with Crippen LogP contribution in [0.25, 0.3) is 0 Å². The zero-order valence-corrected chi connectivity index (χ0v) is 12.9. The maximum Gasteiger partial charge on any atom is 0.0917 e. The molecular weight excluding hydrogens is 244 g/mol. The van der Waals surface area contributed by atoms with Crippen LogP contribution in [0.5, 0.6) is 0 Å². The van der Waals surface area contributed by atoms with Gasteiger partial charge in [0.1, 0.15) is 0 Å². The molecule has 0 N–H and O–H groups in total. The summed E-state index contributed by atoms with van der Waals surface area (Å²) in [6.45, 7) is 12.7. The second-order valence-corrected chi connectivity index (χ2v) is 5.60. The predicted molar refractivity (Wildman–Crippen MR) is 75.5 cm³/mol. The van der Waals surface area contributed by atoms with Gasteiger partial charge in [-0.3, -0.25) is 0 Å². The van der Waals surface area contributed by atoms with E-state index in [1.807, 2.05) is 6.92 Å². The SMILES string of the molecule is CCOCCOCCOC[C@H](C)CCC1(C)OC1C. The van der Waals surface area contributed by atoms with Crippen LogP contribution in [0.3, 0.4) is 0 Å². The molecule has 1 fully saturated rings. The van der Waals surface area contributed by atoms with E-state index in [2.05, 4.69) is 20.8 Å². The van der Waals surface area contributed by atoms with Crippen LogP contribution in [0.15, 0.2) is 0 Å². The first kappa shape index (κ1) is 16.9. The first-order chi connectivity index (χ1) is 9.08. The molecule has 114 valence electrons. The summed E-state index contributed by atoms with van der Waals surface area (Å²) < 4.78 is 21.7. The summed E-state index contributed by atoms with van der Waals surface area (Å²) in [7, 11) is 0. The molecule has 1 heterocycles. The summed E-state index contributed by atoms with van der Waals surface area (Å²) in [6, 6.07) is 0. The Labute approximate surface area is 117 Å². The van der Waals surface area contributed by atoms with Gasteiger partial charge in [0.25, 0.3) is 0 Å². The molecule has 0 amide bonds. The summed E-state index contributed by atoms with van der Waals surface area (Å²) in [5.41, 5.74) is 0.136. The van der Waals surface area contributed by atoms with Gasteiger partial charge < -0.3 is 18.9 Å². The Morgan fingerprint density at radius 1 is 1.11 bits per heavy atom. The van der Waals surface area contributed by atoms with Gasteiger partial charge in [-0.1, -0.05) is 6.92 Å². The minimum absolute atomic E-state index is 0.136. The van der Waals surface area contributed by atoms with E-state index < -0.39 is 0 Å². The molecule has 2 unspecified atom stereocenters. The topological polar surface area (TPSA) is 40.2 Å². The molecule has 0 aromatic rings. The maximum absolute atomic E-state index is 5.61. The first-order valence-electron chi connectivity index (χ1n) is 7.49. The lowest BCUT2D eigenvalue weighted by Gasteiger charge is -2.13. The molecule has 4 nitrogen and oxygen atoms in total. The van der Waals surface area contributed by atoms with Gasteiger partial charge in [-0.05, 0) is 39.5 Å². The van der Waals surface area contributed by atoms with E-state index >= 15 is 0 Å². The number of ether oxygens (including phenoxy) is 4. The third-order valence-corrected chi connectivity index (χ3v) is 3.73. The van der Waals surface area contributed by atoms with Gasteiger partial charge in [0.15, 0.2) is 0 Å². The Balaban J connectivity index is 1.83. The average molecular weight is 274 g/mol. The van der Waals surface area contributed by atoms with Crippen molar-refractivity contribution < 1.29 is 18.9 Å². The van der Waals surface area contributed by atoms with Gasteiger partial charge in [-0.15, -0.1) is 0 Å². The standard InChI is InChI=1S/C15H30O4/c1-5-16-8-9-17-10-11-18-12-13(2)6-7-15(4)14(3)19-15/h13-14H,5-12H2,1-4H3/t13-,14?,15?/m1/s1. The molecule has 0 aliphatic carbocycles. The molecule has 0 bridgehead atoms. The first-order valence-corrected chi connectivity index (χ1v) is 7.49. The molecule has 19 heavy (non-hydrogen) atoms. The number of hydrogen-bond acceptors (Lipinski definition) is 4. The maximum atomic E-state index is 5.61. The Bertz CT molecular complexity index is 234. The predicted octanol–water partition coefficient (Wildman–Crippen LogP) is 2.65.